The van der Waals surface area contributed by atoms with Crippen LogP contribution in [0.15, 0.2) is 18.2 Å². The molecule has 0 heterocycles. The van der Waals surface area contributed by atoms with E-state index in [1.165, 1.54) is 0 Å². The van der Waals surface area contributed by atoms with Crippen molar-refractivity contribution in [3.8, 4) is 5.75 Å². The van der Waals surface area contributed by atoms with Crippen molar-refractivity contribution < 1.29 is 4.43 Å². The molecule has 17 heavy (non-hydrogen) atoms. The molecule has 1 aromatic rings. The highest BCUT2D eigenvalue weighted by Gasteiger charge is 2.38. The fraction of sp³-hybridized carbons (Fsp3) is 0.571. The fourth-order valence-electron chi connectivity index (χ4n) is 1.33. The fourth-order valence-corrected chi connectivity index (χ4v) is 2.61. The minimum Gasteiger partial charge on any atom is -0.543 e. The molecule has 0 bridgehead atoms. The van der Waals surface area contributed by atoms with Gasteiger partial charge in [-0.05, 0) is 48.3 Å². The van der Waals surface area contributed by atoms with Gasteiger partial charge in [-0.25, -0.2) is 0 Å². The Bertz CT molecular complexity index is 394. The molecule has 0 unspecified atom stereocenters. The number of rotatable bonds is 3. The van der Waals surface area contributed by atoms with E-state index >= 15 is 0 Å². The number of aryl methyl sites for hydroxylation is 1. The van der Waals surface area contributed by atoms with Crippen LogP contribution in [0.25, 0.3) is 0 Å². The highest BCUT2D eigenvalue weighted by molar-refractivity contribution is 6.74. The molecule has 1 aromatic carbocycles. The van der Waals surface area contributed by atoms with Crippen LogP contribution in [0.3, 0.4) is 0 Å². The summed E-state index contributed by atoms with van der Waals surface area (Å²) in [6, 6.07) is 5.98. The Morgan fingerprint density at radius 2 is 1.82 bits per heavy atom. The quantitative estimate of drug-likeness (QED) is 0.679. The van der Waals surface area contributed by atoms with Crippen molar-refractivity contribution in [2.24, 2.45) is 0 Å². The molecular formula is C14H23ClOSi. The van der Waals surface area contributed by atoms with E-state index in [-0.39, 0.29) is 5.04 Å². The zero-order valence-corrected chi connectivity index (χ0v) is 13.5. The maximum atomic E-state index is 6.24. The van der Waals surface area contributed by atoms with Crippen molar-refractivity contribution in [2.45, 2.75) is 52.2 Å². The van der Waals surface area contributed by atoms with Gasteiger partial charge in [0, 0.05) is 5.02 Å². The van der Waals surface area contributed by atoms with Gasteiger partial charge in [0.15, 0.2) is 0 Å². The normalized spacial score (nSPS) is 12.6. The van der Waals surface area contributed by atoms with Crippen LogP contribution in [0.4, 0.5) is 0 Å². The molecule has 0 radical (unpaired) electrons. The minimum atomic E-state index is -1.74. The van der Waals surface area contributed by atoms with E-state index in [1.54, 1.807) is 0 Å². The third kappa shape index (κ3) is 3.49. The summed E-state index contributed by atoms with van der Waals surface area (Å²) in [6.45, 7) is 13.4. The lowest BCUT2D eigenvalue weighted by Gasteiger charge is -2.36. The molecule has 0 aliphatic heterocycles. The van der Waals surface area contributed by atoms with Crippen LogP contribution < -0.4 is 4.43 Å². The molecule has 0 aliphatic carbocycles. The Labute approximate surface area is 111 Å². The smallest absolute Gasteiger partial charge is 0.250 e. The third-order valence-electron chi connectivity index (χ3n) is 3.58. The second-order valence-corrected chi connectivity index (χ2v) is 11.1. The maximum absolute atomic E-state index is 6.24. The average molecular weight is 271 g/mol. The lowest BCUT2D eigenvalue weighted by Crippen LogP contribution is -2.43. The van der Waals surface area contributed by atoms with Gasteiger partial charge in [-0.15, -0.1) is 0 Å². The van der Waals surface area contributed by atoms with E-state index in [1.807, 2.05) is 12.1 Å². The van der Waals surface area contributed by atoms with E-state index in [0.29, 0.717) is 0 Å². The summed E-state index contributed by atoms with van der Waals surface area (Å²) in [4.78, 5) is 0. The van der Waals surface area contributed by atoms with E-state index in [4.69, 9.17) is 16.0 Å². The first-order valence-electron chi connectivity index (χ1n) is 6.15. The van der Waals surface area contributed by atoms with Crippen molar-refractivity contribution in [3.05, 3.63) is 28.8 Å². The van der Waals surface area contributed by atoms with Crippen molar-refractivity contribution in [3.63, 3.8) is 0 Å². The molecule has 3 heteroatoms. The highest BCUT2D eigenvalue weighted by atomic mass is 35.5. The first kappa shape index (κ1) is 14.6. The van der Waals surface area contributed by atoms with Crippen molar-refractivity contribution in [1.29, 1.82) is 0 Å². The molecule has 0 aliphatic rings. The molecule has 0 N–H and O–H groups in total. The van der Waals surface area contributed by atoms with Crippen molar-refractivity contribution in [2.75, 3.05) is 0 Å². The molecule has 1 nitrogen and oxygen atoms in total. The van der Waals surface area contributed by atoms with Gasteiger partial charge in [-0.2, -0.15) is 0 Å². The van der Waals surface area contributed by atoms with E-state index in [0.717, 1.165) is 22.8 Å². The average Bonchev–Trinajstić information content (AvgIpc) is 2.19. The summed E-state index contributed by atoms with van der Waals surface area (Å²) < 4.78 is 6.24. The molecule has 0 saturated heterocycles. The van der Waals surface area contributed by atoms with Crippen LogP contribution in [0.5, 0.6) is 5.75 Å². The van der Waals surface area contributed by atoms with Gasteiger partial charge in [0.1, 0.15) is 5.75 Å². The SMILES string of the molecule is CCc1cc(O[Si](C)(C)C(C)(C)C)ccc1Cl. The van der Waals surface area contributed by atoms with Gasteiger partial charge in [0.05, 0.1) is 0 Å². The van der Waals surface area contributed by atoms with Gasteiger partial charge < -0.3 is 4.43 Å². The Hall–Kier alpha value is -0.473. The molecule has 0 saturated carbocycles. The first-order chi connectivity index (χ1) is 7.67. The zero-order valence-electron chi connectivity index (χ0n) is 11.7. The van der Waals surface area contributed by atoms with Gasteiger partial charge in [-0.3, -0.25) is 0 Å². The van der Waals surface area contributed by atoms with Crippen LogP contribution in [0.1, 0.15) is 33.3 Å². The van der Waals surface area contributed by atoms with Crippen LogP contribution in [-0.2, 0) is 6.42 Å². The predicted molar refractivity (Wildman–Crippen MR) is 78.7 cm³/mol. The molecule has 0 atom stereocenters. The van der Waals surface area contributed by atoms with E-state index in [9.17, 15) is 0 Å². The second kappa shape index (κ2) is 5.03. The summed E-state index contributed by atoms with van der Waals surface area (Å²) in [5, 5.41) is 1.05. The molecule has 0 spiro atoms. The number of hydrogen-bond acceptors (Lipinski definition) is 1. The Kier molecular flexibility index (Phi) is 4.31. The maximum Gasteiger partial charge on any atom is 0.250 e. The van der Waals surface area contributed by atoms with Crippen LogP contribution >= 0.6 is 11.6 Å². The first-order valence-corrected chi connectivity index (χ1v) is 9.43. The van der Waals surface area contributed by atoms with Crippen LogP contribution in [0.2, 0.25) is 23.2 Å². The zero-order chi connectivity index (χ0) is 13.3. The number of benzene rings is 1. The number of hydrogen-bond donors (Lipinski definition) is 0. The van der Waals surface area contributed by atoms with E-state index in [2.05, 4.69) is 46.9 Å². The molecular weight excluding hydrogens is 248 g/mol. The minimum absolute atomic E-state index is 0.221. The van der Waals surface area contributed by atoms with Crippen molar-refractivity contribution in [1.82, 2.24) is 0 Å². The monoisotopic (exact) mass is 270 g/mol. The van der Waals surface area contributed by atoms with Gasteiger partial charge in [0.2, 0.25) is 8.32 Å². The van der Waals surface area contributed by atoms with Crippen molar-refractivity contribution >= 4 is 19.9 Å². The Morgan fingerprint density at radius 1 is 1.24 bits per heavy atom. The van der Waals surface area contributed by atoms with Gasteiger partial charge >= 0.3 is 0 Å². The van der Waals surface area contributed by atoms with E-state index < -0.39 is 8.32 Å². The molecule has 1 rings (SSSR count). The van der Waals surface area contributed by atoms with Gasteiger partial charge in [-0.1, -0.05) is 39.3 Å². The predicted octanol–water partition coefficient (Wildman–Crippen LogP) is 5.29. The summed E-state index contributed by atoms with van der Waals surface area (Å²) in [5.74, 6) is 0.956. The summed E-state index contributed by atoms with van der Waals surface area (Å²) in [7, 11) is -1.74. The standard InChI is InChI=1S/C14H23ClOSi/c1-7-11-10-12(8-9-13(11)15)16-17(5,6)14(2,3)4/h8-10H,7H2,1-6H3. The lowest BCUT2D eigenvalue weighted by atomic mass is 10.2. The molecule has 96 valence electrons. The lowest BCUT2D eigenvalue weighted by molar-refractivity contribution is 0.491. The third-order valence-corrected chi connectivity index (χ3v) is 8.30. The number of halogens is 1. The largest absolute Gasteiger partial charge is 0.543 e. The summed E-state index contributed by atoms with van der Waals surface area (Å²) in [6.07, 6.45) is 0.938. The highest BCUT2D eigenvalue weighted by Crippen LogP contribution is 2.37. The Balaban J connectivity index is 2.96. The topological polar surface area (TPSA) is 9.23 Å². The summed E-state index contributed by atoms with van der Waals surface area (Å²) >= 11 is 6.11. The molecule has 0 amide bonds. The second-order valence-electron chi connectivity index (χ2n) is 5.97. The molecule has 0 fully saturated rings. The van der Waals surface area contributed by atoms with Gasteiger partial charge in [0.25, 0.3) is 0 Å². The van der Waals surface area contributed by atoms with Crippen LogP contribution in [-0.4, -0.2) is 8.32 Å². The molecule has 0 aromatic heterocycles. The summed E-state index contributed by atoms with van der Waals surface area (Å²) in [5.41, 5.74) is 1.16. The Morgan fingerprint density at radius 3 is 2.29 bits per heavy atom. The van der Waals surface area contributed by atoms with Crippen LogP contribution in [0, 0.1) is 0 Å².